The maximum absolute atomic E-state index is 5.25. The van der Waals surface area contributed by atoms with E-state index in [-0.39, 0.29) is 0 Å². The van der Waals surface area contributed by atoms with Gasteiger partial charge in [-0.05, 0) is 29.3 Å². The quantitative estimate of drug-likeness (QED) is 0.753. The van der Waals surface area contributed by atoms with E-state index < -0.39 is 0 Å². The van der Waals surface area contributed by atoms with Gasteiger partial charge >= 0.3 is 0 Å². The van der Waals surface area contributed by atoms with Crippen molar-refractivity contribution in [2.75, 3.05) is 0 Å². The van der Waals surface area contributed by atoms with Crippen LogP contribution in [0.25, 0.3) is 5.57 Å². The van der Waals surface area contributed by atoms with Crippen LogP contribution < -0.4 is 0 Å². The first kappa shape index (κ1) is 10.3. The zero-order valence-corrected chi connectivity index (χ0v) is 9.34. The molecule has 3 heteroatoms. The van der Waals surface area contributed by atoms with E-state index in [2.05, 4.69) is 33.9 Å². The van der Waals surface area contributed by atoms with Crippen LogP contribution in [0.4, 0.5) is 0 Å². The van der Waals surface area contributed by atoms with Gasteiger partial charge in [0.2, 0.25) is 5.89 Å². The van der Waals surface area contributed by atoms with Crippen LogP contribution in [0, 0.1) is 0 Å². The van der Waals surface area contributed by atoms with Crippen LogP contribution >= 0.6 is 15.9 Å². The second-order valence-corrected chi connectivity index (χ2v) is 3.36. The normalized spacial score (nSPS) is 12.7. The lowest BCUT2D eigenvalue weighted by atomic mass is 10.2. The van der Waals surface area contributed by atoms with Crippen molar-refractivity contribution < 1.29 is 4.42 Å². The minimum Gasteiger partial charge on any atom is -0.443 e. The molecule has 70 valence electrons. The summed E-state index contributed by atoms with van der Waals surface area (Å²) < 4.78 is 5.98. The fourth-order valence-corrected chi connectivity index (χ4v) is 1.27. The highest BCUT2D eigenvalue weighted by Gasteiger charge is 2.03. The summed E-state index contributed by atoms with van der Waals surface area (Å²) >= 11 is 3.25. The lowest BCUT2D eigenvalue weighted by molar-refractivity contribution is 0.542. The van der Waals surface area contributed by atoms with Crippen molar-refractivity contribution >= 4 is 21.5 Å². The maximum atomic E-state index is 5.25. The summed E-state index contributed by atoms with van der Waals surface area (Å²) in [7, 11) is 0. The Kier molecular flexibility index (Phi) is 3.96. The third-order valence-electron chi connectivity index (χ3n) is 1.49. The molecule has 0 aliphatic heterocycles. The van der Waals surface area contributed by atoms with Crippen molar-refractivity contribution in [2.45, 2.75) is 20.3 Å². The number of halogens is 1. The Labute approximate surface area is 86.5 Å². The molecule has 0 atom stereocenters. The van der Waals surface area contributed by atoms with E-state index in [9.17, 15) is 0 Å². The highest BCUT2D eigenvalue weighted by molar-refractivity contribution is 9.10. The molecule has 13 heavy (non-hydrogen) atoms. The van der Waals surface area contributed by atoms with Crippen molar-refractivity contribution in [1.82, 2.24) is 4.98 Å². The molecule has 1 rings (SSSR count). The van der Waals surface area contributed by atoms with Gasteiger partial charge in [-0.3, -0.25) is 0 Å². The van der Waals surface area contributed by atoms with Gasteiger partial charge in [-0.15, -0.1) is 0 Å². The fraction of sp³-hybridized carbons (Fsp3) is 0.300. The van der Waals surface area contributed by atoms with Gasteiger partial charge in [-0.25, -0.2) is 4.98 Å². The van der Waals surface area contributed by atoms with Crippen molar-refractivity contribution in [3.8, 4) is 0 Å². The molecule has 0 unspecified atom stereocenters. The molecular formula is C10H12BrNO. The predicted octanol–water partition coefficient (Wildman–Crippen LogP) is 3.81. The summed E-state index contributed by atoms with van der Waals surface area (Å²) in [4.78, 5) is 4.18. The van der Waals surface area contributed by atoms with Crippen LogP contribution in [-0.2, 0) is 0 Å². The molecule has 0 aliphatic carbocycles. The Morgan fingerprint density at radius 2 is 2.46 bits per heavy atom. The average Bonchev–Trinajstić information content (AvgIpc) is 2.51. The summed E-state index contributed by atoms with van der Waals surface area (Å²) in [6, 6.07) is 0. The number of rotatable bonds is 3. The minimum atomic E-state index is 0.659. The number of oxazole rings is 1. The standard InChI is InChI=1S/C10H12BrNO/c1-3-5-8(6-4-2)10-12-9(11)7-13-10/h3,5-7H,4H2,1-2H3/b5-3-,8-6+. The number of hydrogen-bond acceptors (Lipinski definition) is 2. The van der Waals surface area contributed by atoms with E-state index in [1.807, 2.05) is 19.1 Å². The molecule has 0 N–H and O–H groups in total. The lowest BCUT2D eigenvalue weighted by Gasteiger charge is -1.93. The van der Waals surface area contributed by atoms with Crippen LogP contribution in [0.5, 0.6) is 0 Å². The van der Waals surface area contributed by atoms with Gasteiger partial charge in [-0.2, -0.15) is 0 Å². The second kappa shape index (κ2) is 5.02. The molecule has 0 spiro atoms. The van der Waals surface area contributed by atoms with Crippen LogP contribution in [0.3, 0.4) is 0 Å². The second-order valence-electron chi connectivity index (χ2n) is 2.54. The Morgan fingerprint density at radius 1 is 1.69 bits per heavy atom. The first-order valence-electron chi connectivity index (χ1n) is 4.22. The van der Waals surface area contributed by atoms with Gasteiger partial charge < -0.3 is 4.42 Å². The van der Waals surface area contributed by atoms with Crippen molar-refractivity contribution in [1.29, 1.82) is 0 Å². The molecule has 0 aliphatic rings. The van der Waals surface area contributed by atoms with E-state index in [4.69, 9.17) is 4.42 Å². The third kappa shape index (κ3) is 2.84. The molecule has 0 bridgehead atoms. The Morgan fingerprint density at radius 3 is 2.92 bits per heavy atom. The molecule has 0 amide bonds. The van der Waals surface area contributed by atoms with E-state index in [1.165, 1.54) is 0 Å². The van der Waals surface area contributed by atoms with Gasteiger partial charge in [0.25, 0.3) is 0 Å². The lowest BCUT2D eigenvalue weighted by Crippen LogP contribution is -1.80. The van der Waals surface area contributed by atoms with E-state index in [0.717, 1.165) is 16.6 Å². The topological polar surface area (TPSA) is 26.0 Å². The Balaban J connectivity index is 2.95. The van der Waals surface area contributed by atoms with Crippen LogP contribution in [-0.4, -0.2) is 4.98 Å². The molecule has 0 aromatic carbocycles. The molecule has 0 radical (unpaired) electrons. The molecule has 2 nitrogen and oxygen atoms in total. The van der Waals surface area contributed by atoms with Crippen molar-refractivity contribution in [2.24, 2.45) is 0 Å². The zero-order chi connectivity index (χ0) is 9.68. The highest BCUT2D eigenvalue weighted by Crippen LogP contribution is 2.18. The molecule has 0 saturated heterocycles. The monoisotopic (exact) mass is 241 g/mol. The van der Waals surface area contributed by atoms with E-state index in [1.54, 1.807) is 6.26 Å². The largest absolute Gasteiger partial charge is 0.443 e. The van der Waals surface area contributed by atoms with Crippen LogP contribution in [0.2, 0.25) is 0 Å². The molecule has 1 aromatic rings. The summed E-state index contributed by atoms with van der Waals surface area (Å²) in [6.07, 6.45) is 8.60. The van der Waals surface area contributed by atoms with Crippen molar-refractivity contribution in [3.63, 3.8) is 0 Å². The van der Waals surface area contributed by atoms with Gasteiger partial charge in [0.1, 0.15) is 10.9 Å². The molecule has 1 aromatic heterocycles. The number of aromatic nitrogens is 1. The smallest absolute Gasteiger partial charge is 0.226 e. The highest BCUT2D eigenvalue weighted by atomic mass is 79.9. The van der Waals surface area contributed by atoms with Gasteiger partial charge in [0.15, 0.2) is 0 Å². The van der Waals surface area contributed by atoms with E-state index >= 15 is 0 Å². The summed E-state index contributed by atoms with van der Waals surface area (Å²) in [5.74, 6) is 0.659. The molecule has 1 heterocycles. The zero-order valence-electron chi connectivity index (χ0n) is 7.75. The fourth-order valence-electron chi connectivity index (χ4n) is 1.01. The van der Waals surface area contributed by atoms with Gasteiger partial charge in [-0.1, -0.05) is 25.2 Å². The van der Waals surface area contributed by atoms with E-state index in [0.29, 0.717) is 5.89 Å². The van der Waals surface area contributed by atoms with Crippen LogP contribution in [0.15, 0.2) is 33.5 Å². The molecule has 0 fully saturated rings. The predicted molar refractivity (Wildman–Crippen MR) is 57.3 cm³/mol. The molecular weight excluding hydrogens is 230 g/mol. The Hall–Kier alpha value is -0.830. The van der Waals surface area contributed by atoms with Crippen molar-refractivity contribution in [3.05, 3.63) is 35.0 Å². The maximum Gasteiger partial charge on any atom is 0.226 e. The third-order valence-corrected chi connectivity index (χ3v) is 1.86. The SMILES string of the molecule is C/C=C\C(=C/CC)c1nc(Br)co1. The number of nitrogens with zero attached hydrogens (tertiary/aromatic N) is 1. The average molecular weight is 242 g/mol. The molecule has 0 saturated carbocycles. The number of allylic oxidation sites excluding steroid dienone is 4. The van der Waals surface area contributed by atoms with Gasteiger partial charge in [0.05, 0.1) is 0 Å². The summed E-state index contributed by atoms with van der Waals surface area (Å²) in [5, 5.41) is 0. The Bertz CT molecular complexity index is 325. The minimum absolute atomic E-state index is 0.659. The van der Waals surface area contributed by atoms with Crippen LogP contribution in [0.1, 0.15) is 26.2 Å². The van der Waals surface area contributed by atoms with Gasteiger partial charge in [0, 0.05) is 5.57 Å². The first-order chi connectivity index (χ1) is 6.27. The summed E-state index contributed by atoms with van der Waals surface area (Å²) in [6.45, 7) is 4.06. The summed E-state index contributed by atoms with van der Waals surface area (Å²) in [5.41, 5.74) is 1.02. The number of hydrogen-bond donors (Lipinski definition) is 0. The first-order valence-corrected chi connectivity index (χ1v) is 5.01.